The standard InChI is InChI=1S/C38H37N6O5S2/c45-37(41-51-33-14-15-35(36(23-33)44(48)49)40-16-21-50-32-7-2-1-3-8-32)27-10-12-31(13-11-27)43-19-17-42(18-20-43)26-28-6-4-5-9-34(28)29-22-30(38(46)47)25-39-24-29/h1-15,22-25,40,48H,16-21,26H2,(H,41,45)(H,46,47)/q-1. The number of piperazine rings is 1. The van der Waals surface area contributed by atoms with Crippen molar-refractivity contribution in [3.63, 3.8) is 0 Å². The number of nitrogens with zero attached hydrogens (tertiary/aromatic N) is 4. The summed E-state index contributed by atoms with van der Waals surface area (Å²) in [5, 5.41) is 34.0. The molecule has 0 aliphatic carbocycles. The maximum atomic E-state index is 13.0. The minimum Gasteiger partial charge on any atom is -0.733 e. The summed E-state index contributed by atoms with van der Waals surface area (Å²) in [5.41, 5.74) is 5.13. The first-order valence-electron chi connectivity index (χ1n) is 16.4. The maximum absolute atomic E-state index is 13.0. The van der Waals surface area contributed by atoms with Gasteiger partial charge in [-0.1, -0.05) is 42.5 Å². The summed E-state index contributed by atoms with van der Waals surface area (Å²) in [7, 11) is 0. The number of aromatic nitrogens is 1. The van der Waals surface area contributed by atoms with Gasteiger partial charge in [-0.3, -0.25) is 24.6 Å². The third-order valence-electron chi connectivity index (χ3n) is 8.44. The van der Waals surface area contributed by atoms with Crippen LogP contribution in [0.1, 0.15) is 26.3 Å². The Balaban J connectivity index is 0.982. The van der Waals surface area contributed by atoms with E-state index in [0.717, 1.165) is 77.7 Å². The van der Waals surface area contributed by atoms with Crippen molar-refractivity contribution in [2.75, 3.05) is 53.9 Å². The molecule has 1 fully saturated rings. The van der Waals surface area contributed by atoms with Gasteiger partial charge < -0.3 is 25.8 Å². The number of hydrogen-bond donors (Lipinski definition) is 4. The van der Waals surface area contributed by atoms with Crippen LogP contribution < -0.4 is 20.2 Å². The van der Waals surface area contributed by atoms with E-state index in [1.54, 1.807) is 48.3 Å². The zero-order chi connectivity index (χ0) is 35.6. The molecule has 1 aliphatic rings. The molecule has 0 radical (unpaired) electrons. The zero-order valence-corrected chi connectivity index (χ0v) is 29.3. The Morgan fingerprint density at radius 3 is 2.33 bits per heavy atom. The monoisotopic (exact) mass is 721 g/mol. The third kappa shape index (κ3) is 9.60. The molecule has 0 bridgehead atoms. The number of carbonyl (C=O) groups excluding carboxylic acids is 1. The lowest BCUT2D eigenvalue weighted by Gasteiger charge is -2.36. The van der Waals surface area contributed by atoms with Gasteiger partial charge in [0.15, 0.2) is 0 Å². The van der Waals surface area contributed by atoms with Crippen LogP contribution in [-0.4, -0.2) is 70.6 Å². The van der Waals surface area contributed by atoms with Crippen LogP contribution in [0.5, 0.6) is 0 Å². The lowest BCUT2D eigenvalue weighted by atomic mass is 9.99. The van der Waals surface area contributed by atoms with Gasteiger partial charge in [-0.05, 0) is 83.7 Å². The van der Waals surface area contributed by atoms with E-state index in [9.17, 15) is 25.1 Å². The van der Waals surface area contributed by atoms with Gasteiger partial charge in [0.25, 0.3) is 5.91 Å². The number of anilines is 3. The fourth-order valence-corrected chi connectivity index (χ4v) is 7.22. The Bertz CT molecular complexity index is 1940. The van der Waals surface area contributed by atoms with E-state index in [1.807, 2.05) is 60.7 Å². The van der Waals surface area contributed by atoms with Crippen molar-refractivity contribution in [2.45, 2.75) is 16.3 Å². The summed E-state index contributed by atoms with van der Waals surface area (Å²) >= 11 is 2.76. The van der Waals surface area contributed by atoms with Crippen LogP contribution in [0.15, 0.2) is 125 Å². The predicted molar refractivity (Wildman–Crippen MR) is 204 cm³/mol. The minimum absolute atomic E-state index is 0.0652. The molecule has 6 rings (SSSR count). The van der Waals surface area contributed by atoms with E-state index in [1.165, 1.54) is 12.3 Å². The fourth-order valence-electron chi connectivity index (χ4n) is 5.79. The summed E-state index contributed by atoms with van der Waals surface area (Å²) in [6.45, 7) is 4.66. The van der Waals surface area contributed by atoms with Crippen molar-refractivity contribution in [1.82, 2.24) is 14.6 Å². The quantitative estimate of drug-likeness (QED) is 0.0402. The van der Waals surface area contributed by atoms with Gasteiger partial charge >= 0.3 is 5.97 Å². The first-order chi connectivity index (χ1) is 24.8. The summed E-state index contributed by atoms with van der Waals surface area (Å²) < 4.78 is 2.82. The van der Waals surface area contributed by atoms with Gasteiger partial charge in [0.2, 0.25) is 0 Å². The molecule has 1 aliphatic heterocycles. The Kier molecular flexibility index (Phi) is 12.1. The molecular weight excluding hydrogens is 685 g/mol. The molecule has 13 heteroatoms. The first kappa shape index (κ1) is 35.8. The second-order valence-electron chi connectivity index (χ2n) is 11.8. The third-order valence-corrected chi connectivity index (χ3v) is 10.2. The van der Waals surface area contributed by atoms with Crippen molar-refractivity contribution in [2.24, 2.45) is 0 Å². The Morgan fingerprint density at radius 1 is 0.843 bits per heavy atom. The summed E-state index contributed by atoms with van der Waals surface area (Å²) in [6, 6.07) is 32.2. The summed E-state index contributed by atoms with van der Waals surface area (Å²) in [5.74, 6) is -0.499. The molecule has 1 saturated heterocycles. The molecule has 1 amide bonds. The number of benzene rings is 4. The normalized spacial score (nSPS) is 13.1. The SMILES string of the molecule is O=C(O)c1cncc(-c2ccccc2CN2CCN(c3ccc(C(=O)NSc4ccc(NCCSc5ccccc5)c(N([O-])O)c4)cc3)CC2)c1. The molecule has 4 N–H and O–H groups in total. The van der Waals surface area contributed by atoms with Gasteiger partial charge in [-0.25, -0.2) is 4.79 Å². The fraction of sp³-hybridized carbons (Fsp3) is 0.184. The zero-order valence-electron chi connectivity index (χ0n) is 27.6. The van der Waals surface area contributed by atoms with Gasteiger partial charge in [-0.15, -0.1) is 11.8 Å². The molecule has 262 valence electrons. The first-order valence-corrected chi connectivity index (χ1v) is 18.2. The largest absolute Gasteiger partial charge is 0.733 e. The Hall–Kier alpha value is -5.05. The molecule has 5 aromatic rings. The molecular formula is C38H37N6O5S2-. The summed E-state index contributed by atoms with van der Waals surface area (Å²) in [4.78, 5) is 35.0. The second kappa shape index (κ2) is 17.2. The van der Waals surface area contributed by atoms with E-state index in [0.29, 0.717) is 22.7 Å². The smallest absolute Gasteiger partial charge is 0.337 e. The predicted octanol–water partition coefficient (Wildman–Crippen LogP) is 7.10. The molecule has 2 heterocycles. The molecule has 0 unspecified atom stereocenters. The topological polar surface area (TPSA) is 144 Å². The molecule has 1 aromatic heterocycles. The molecule has 0 atom stereocenters. The average Bonchev–Trinajstić information content (AvgIpc) is 3.17. The number of thioether (sulfide) groups is 1. The highest BCUT2D eigenvalue weighted by molar-refractivity contribution is 7.99. The Labute approximate surface area is 305 Å². The van der Waals surface area contributed by atoms with Crippen molar-refractivity contribution < 1.29 is 19.9 Å². The number of carboxylic acid groups (broad SMARTS) is 1. The molecule has 4 aromatic carbocycles. The number of carbonyl (C=O) groups is 2. The molecule has 0 saturated carbocycles. The Morgan fingerprint density at radius 2 is 1.59 bits per heavy atom. The van der Waals surface area contributed by atoms with Crippen LogP contribution in [0.2, 0.25) is 0 Å². The van der Waals surface area contributed by atoms with E-state index in [-0.39, 0.29) is 22.4 Å². The number of nitrogens with one attached hydrogen (secondary N) is 2. The van der Waals surface area contributed by atoms with Gasteiger partial charge in [-0.2, -0.15) is 0 Å². The second-order valence-corrected chi connectivity index (χ2v) is 13.9. The lowest BCUT2D eigenvalue weighted by Crippen LogP contribution is -2.46. The van der Waals surface area contributed by atoms with Crippen LogP contribution in [0.3, 0.4) is 0 Å². The number of rotatable bonds is 14. The van der Waals surface area contributed by atoms with Gasteiger partial charge in [0.1, 0.15) is 0 Å². The van der Waals surface area contributed by atoms with Gasteiger partial charge in [0.05, 0.1) is 16.9 Å². The summed E-state index contributed by atoms with van der Waals surface area (Å²) in [6.07, 6.45) is 3.06. The van der Waals surface area contributed by atoms with E-state index in [2.05, 4.69) is 30.9 Å². The van der Waals surface area contributed by atoms with Crippen LogP contribution >= 0.6 is 23.7 Å². The van der Waals surface area contributed by atoms with Crippen molar-refractivity contribution in [3.05, 3.63) is 137 Å². The van der Waals surface area contributed by atoms with Crippen LogP contribution in [0, 0.1) is 5.21 Å². The van der Waals surface area contributed by atoms with Crippen molar-refractivity contribution in [3.8, 4) is 11.1 Å². The maximum Gasteiger partial charge on any atom is 0.337 e. The molecule has 51 heavy (non-hydrogen) atoms. The number of carboxylic acids is 1. The molecule has 11 nitrogen and oxygen atoms in total. The lowest BCUT2D eigenvalue weighted by molar-refractivity contribution is 0.0696. The number of aromatic carboxylic acids is 1. The van der Waals surface area contributed by atoms with E-state index in [4.69, 9.17) is 0 Å². The number of amides is 1. The highest BCUT2D eigenvalue weighted by Crippen LogP contribution is 2.31. The average molecular weight is 722 g/mol. The van der Waals surface area contributed by atoms with Crippen molar-refractivity contribution >= 4 is 52.6 Å². The van der Waals surface area contributed by atoms with Gasteiger partial charge in [0, 0.05) is 84.0 Å². The highest BCUT2D eigenvalue weighted by atomic mass is 32.2. The number of pyridine rings is 1. The van der Waals surface area contributed by atoms with Crippen LogP contribution in [0.25, 0.3) is 11.1 Å². The van der Waals surface area contributed by atoms with Crippen molar-refractivity contribution in [1.29, 1.82) is 0 Å². The van der Waals surface area contributed by atoms with E-state index < -0.39 is 5.97 Å². The molecule has 0 spiro atoms. The van der Waals surface area contributed by atoms with Crippen LogP contribution in [0.4, 0.5) is 17.1 Å². The van der Waals surface area contributed by atoms with Crippen LogP contribution in [-0.2, 0) is 6.54 Å². The highest BCUT2D eigenvalue weighted by Gasteiger charge is 2.20. The number of hydrogen-bond acceptors (Lipinski definition) is 11. The minimum atomic E-state index is -1.000. The van der Waals surface area contributed by atoms with E-state index >= 15 is 0 Å².